The van der Waals surface area contributed by atoms with Gasteiger partial charge in [-0.25, -0.2) is 0 Å². The normalized spacial score (nSPS) is 12.0. The van der Waals surface area contributed by atoms with Crippen LogP contribution < -0.4 is 0 Å². The highest BCUT2D eigenvalue weighted by molar-refractivity contribution is 5.71. The Kier molecular flexibility index (Phi) is 51.5. The molecule has 6 nitrogen and oxygen atoms in total. The van der Waals surface area contributed by atoms with Gasteiger partial charge in [0, 0.05) is 19.3 Å². The molecule has 0 amide bonds. The van der Waals surface area contributed by atoms with Crippen LogP contribution in [-0.2, 0) is 28.6 Å². The number of hydrogen-bond donors (Lipinski definition) is 0. The van der Waals surface area contributed by atoms with E-state index in [1.165, 1.54) is 225 Å². The van der Waals surface area contributed by atoms with Crippen LogP contribution in [0.1, 0.15) is 336 Å². The Morgan fingerprint density at radius 1 is 0.288 bits per heavy atom. The summed E-state index contributed by atoms with van der Waals surface area (Å²) in [4.78, 5) is 38.2. The molecule has 0 spiro atoms. The van der Waals surface area contributed by atoms with Crippen LogP contribution in [0.25, 0.3) is 0 Å². The van der Waals surface area contributed by atoms with Crippen LogP contribution in [0, 0.1) is 11.8 Å². The van der Waals surface area contributed by atoms with E-state index in [4.69, 9.17) is 14.2 Å². The first-order chi connectivity index (χ1) is 32.2. The summed E-state index contributed by atoms with van der Waals surface area (Å²) >= 11 is 0. The van der Waals surface area contributed by atoms with E-state index in [9.17, 15) is 14.4 Å². The fourth-order valence-corrected chi connectivity index (χ4v) is 9.23. The molecule has 0 aliphatic heterocycles. The van der Waals surface area contributed by atoms with Crippen LogP contribution >= 0.6 is 0 Å². The Morgan fingerprint density at radius 2 is 0.500 bits per heavy atom. The van der Waals surface area contributed by atoms with Crippen molar-refractivity contribution in [3.05, 3.63) is 0 Å². The molecule has 66 heavy (non-hydrogen) atoms. The lowest BCUT2D eigenvalue weighted by molar-refractivity contribution is -0.167. The Hall–Kier alpha value is -1.59. The maximum Gasteiger partial charge on any atom is 0.306 e. The lowest BCUT2D eigenvalue weighted by atomic mass is 10.0. The summed E-state index contributed by atoms with van der Waals surface area (Å²) in [6, 6.07) is 0. The second-order valence-electron chi connectivity index (χ2n) is 21.6. The number of hydrogen-bond acceptors (Lipinski definition) is 6. The van der Waals surface area contributed by atoms with Gasteiger partial charge in [-0.05, 0) is 31.1 Å². The third-order valence-corrected chi connectivity index (χ3v) is 13.7. The van der Waals surface area contributed by atoms with Crippen LogP contribution in [0.2, 0.25) is 0 Å². The highest BCUT2D eigenvalue weighted by Crippen LogP contribution is 2.18. The monoisotopic (exact) mass is 933 g/mol. The third kappa shape index (κ3) is 53.4. The van der Waals surface area contributed by atoms with Crippen LogP contribution in [-0.4, -0.2) is 37.2 Å². The molecule has 0 N–H and O–H groups in total. The molecular weight excluding hydrogens is 817 g/mol. The van der Waals surface area contributed by atoms with Crippen molar-refractivity contribution in [2.75, 3.05) is 13.2 Å². The molecule has 0 aromatic rings. The SMILES string of the molecule is CCCCCCCCCCCCCCCCCCC(=O)OC[C@@H](COC(=O)CCCCCCCCCCCCCCCCCCC(C)C)OC(=O)CCCCCCCCCCCCC(C)C. The highest BCUT2D eigenvalue weighted by Gasteiger charge is 2.19. The third-order valence-electron chi connectivity index (χ3n) is 13.7. The molecule has 0 saturated heterocycles. The van der Waals surface area contributed by atoms with E-state index in [1.807, 2.05) is 0 Å². The fourth-order valence-electron chi connectivity index (χ4n) is 9.23. The van der Waals surface area contributed by atoms with Gasteiger partial charge in [0.1, 0.15) is 13.2 Å². The molecule has 0 radical (unpaired) electrons. The Labute approximate surface area is 412 Å². The van der Waals surface area contributed by atoms with Gasteiger partial charge >= 0.3 is 17.9 Å². The molecule has 0 fully saturated rings. The summed E-state index contributed by atoms with van der Waals surface area (Å²) < 4.78 is 16.9. The van der Waals surface area contributed by atoms with Crippen LogP contribution in [0.5, 0.6) is 0 Å². The summed E-state index contributed by atoms with van der Waals surface area (Å²) in [7, 11) is 0. The first-order valence-electron chi connectivity index (χ1n) is 29.7. The van der Waals surface area contributed by atoms with Crippen LogP contribution in [0.4, 0.5) is 0 Å². The largest absolute Gasteiger partial charge is 0.462 e. The van der Waals surface area contributed by atoms with Gasteiger partial charge in [0.2, 0.25) is 0 Å². The Balaban J connectivity index is 4.26. The zero-order valence-electron chi connectivity index (χ0n) is 45.3. The standard InChI is InChI=1S/C60H116O6/c1-6-7-8-9-10-11-12-13-14-18-21-24-30-35-40-45-50-58(61)64-53-57(66-60(63)52-47-42-37-32-27-26-29-34-39-44-49-56(4)5)54-65-59(62)51-46-41-36-31-25-22-19-16-15-17-20-23-28-33-38-43-48-55(2)3/h55-57H,6-54H2,1-5H3/t57-/m0/s1. The van der Waals surface area contributed by atoms with E-state index in [2.05, 4.69) is 34.6 Å². The number of unbranched alkanes of at least 4 members (excludes halogenated alkanes) is 39. The average molecular weight is 934 g/mol. The van der Waals surface area contributed by atoms with Gasteiger partial charge < -0.3 is 14.2 Å². The second-order valence-corrected chi connectivity index (χ2v) is 21.6. The molecule has 0 aromatic heterocycles. The molecule has 0 heterocycles. The minimum absolute atomic E-state index is 0.0626. The molecule has 1 atom stereocenters. The maximum absolute atomic E-state index is 12.8. The topological polar surface area (TPSA) is 78.9 Å². The van der Waals surface area contributed by atoms with Gasteiger partial charge in [-0.3, -0.25) is 14.4 Å². The zero-order valence-corrected chi connectivity index (χ0v) is 45.3. The molecule has 392 valence electrons. The van der Waals surface area contributed by atoms with Crippen molar-refractivity contribution >= 4 is 17.9 Å². The van der Waals surface area contributed by atoms with Crippen molar-refractivity contribution in [1.29, 1.82) is 0 Å². The average Bonchev–Trinajstić information content (AvgIpc) is 3.29. The summed E-state index contributed by atoms with van der Waals surface area (Å²) in [6.07, 6.45) is 56.7. The van der Waals surface area contributed by atoms with E-state index in [-0.39, 0.29) is 31.1 Å². The lowest BCUT2D eigenvalue weighted by Gasteiger charge is -2.18. The van der Waals surface area contributed by atoms with Crippen molar-refractivity contribution in [3.63, 3.8) is 0 Å². The number of esters is 3. The number of carbonyl (C=O) groups is 3. The summed E-state index contributed by atoms with van der Waals surface area (Å²) in [5, 5.41) is 0. The quantitative estimate of drug-likeness (QED) is 0.0343. The summed E-state index contributed by atoms with van der Waals surface area (Å²) in [5.74, 6) is 0.831. The zero-order chi connectivity index (χ0) is 48.2. The number of carbonyl (C=O) groups excluding carboxylic acids is 3. The molecule has 0 rings (SSSR count). The molecule has 0 saturated carbocycles. The van der Waals surface area contributed by atoms with E-state index < -0.39 is 6.10 Å². The summed E-state index contributed by atoms with van der Waals surface area (Å²) in [6.45, 7) is 11.4. The highest BCUT2D eigenvalue weighted by atomic mass is 16.6. The van der Waals surface area contributed by atoms with Crippen LogP contribution in [0.15, 0.2) is 0 Å². The minimum Gasteiger partial charge on any atom is -0.462 e. The second kappa shape index (κ2) is 52.8. The van der Waals surface area contributed by atoms with Gasteiger partial charge in [0.05, 0.1) is 0 Å². The van der Waals surface area contributed by atoms with Crippen molar-refractivity contribution in [2.45, 2.75) is 343 Å². The molecule has 0 aliphatic rings. The smallest absolute Gasteiger partial charge is 0.306 e. The van der Waals surface area contributed by atoms with E-state index in [0.29, 0.717) is 19.3 Å². The van der Waals surface area contributed by atoms with Crippen molar-refractivity contribution in [1.82, 2.24) is 0 Å². The molecular formula is C60H116O6. The Bertz CT molecular complexity index is 1010. The number of ether oxygens (including phenoxy) is 3. The van der Waals surface area contributed by atoms with Gasteiger partial charge in [-0.15, -0.1) is 0 Å². The predicted molar refractivity (Wildman–Crippen MR) is 284 cm³/mol. The molecule has 0 bridgehead atoms. The summed E-state index contributed by atoms with van der Waals surface area (Å²) in [5.41, 5.74) is 0. The first-order valence-corrected chi connectivity index (χ1v) is 29.7. The van der Waals surface area contributed by atoms with E-state index >= 15 is 0 Å². The molecule has 6 heteroatoms. The van der Waals surface area contributed by atoms with Gasteiger partial charge in [0.15, 0.2) is 6.10 Å². The fraction of sp³-hybridized carbons (Fsp3) is 0.950. The van der Waals surface area contributed by atoms with E-state index in [1.54, 1.807) is 0 Å². The van der Waals surface area contributed by atoms with Crippen molar-refractivity contribution < 1.29 is 28.6 Å². The first kappa shape index (κ1) is 64.4. The van der Waals surface area contributed by atoms with Crippen molar-refractivity contribution in [3.8, 4) is 0 Å². The molecule has 0 aliphatic carbocycles. The Morgan fingerprint density at radius 3 is 0.742 bits per heavy atom. The van der Waals surface area contributed by atoms with Gasteiger partial charge in [-0.2, -0.15) is 0 Å². The lowest BCUT2D eigenvalue weighted by Crippen LogP contribution is -2.30. The van der Waals surface area contributed by atoms with Crippen LogP contribution in [0.3, 0.4) is 0 Å². The molecule has 0 unspecified atom stereocenters. The number of rotatable bonds is 54. The van der Waals surface area contributed by atoms with Gasteiger partial charge in [0.25, 0.3) is 0 Å². The van der Waals surface area contributed by atoms with E-state index in [0.717, 1.165) is 69.6 Å². The van der Waals surface area contributed by atoms with Gasteiger partial charge in [-0.1, -0.05) is 298 Å². The maximum atomic E-state index is 12.8. The molecule has 0 aromatic carbocycles. The predicted octanol–water partition coefficient (Wildman–Crippen LogP) is 19.7. The van der Waals surface area contributed by atoms with Crippen molar-refractivity contribution in [2.24, 2.45) is 11.8 Å². The minimum atomic E-state index is -0.763.